The molecule has 0 saturated carbocycles. The predicted octanol–water partition coefficient (Wildman–Crippen LogP) is 4.23. The molecule has 1 unspecified atom stereocenters. The molecule has 1 saturated heterocycles. The molecular formula is C23H22ClN5OS. The minimum atomic E-state index is -0.141. The third kappa shape index (κ3) is 4.55. The van der Waals surface area contributed by atoms with E-state index in [1.165, 1.54) is 11.3 Å². The molecule has 5 heterocycles. The van der Waals surface area contributed by atoms with Crippen molar-refractivity contribution in [2.24, 2.45) is 0 Å². The van der Waals surface area contributed by atoms with Crippen LogP contribution in [-0.4, -0.2) is 56.7 Å². The number of piperazine rings is 1. The van der Waals surface area contributed by atoms with Crippen LogP contribution in [0.3, 0.4) is 0 Å². The number of carbonyl (C=O) groups is 1. The van der Waals surface area contributed by atoms with Crippen LogP contribution >= 0.6 is 22.9 Å². The van der Waals surface area contributed by atoms with Crippen molar-refractivity contribution in [1.29, 1.82) is 0 Å². The maximum Gasteiger partial charge on any atom is 0.138 e. The number of fused-ring (bicyclic) bond motifs is 1. The first-order valence-electron chi connectivity index (χ1n) is 10.2. The predicted molar refractivity (Wildman–Crippen MR) is 124 cm³/mol. The molecule has 8 heteroatoms. The monoisotopic (exact) mass is 451 g/mol. The first kappa shape index (κ1) is 20.3. The van der Waals surface area contributed by atoms with E-state index in [1.807, 2.05) is 42.6 Å². The Morgan fingerprint density at radius 1 is 1.19 bits per heavy atom. The van der Waals surface area contributed by atoms with Gasteiger partial charge in [0.05, 0.1) is 26.6 Å². The van der Waals surface area contributed by atoms with Crippen LogP contribution in [0.25, 0.3) is 21.5 Å². The summed E-state index contributed by atoms with van der Waals surface area (Å²) in [6, 6.07) is 13.9. The number of hydrogen-bond donors (Lipinski definition) is 1. The summed E-state index contributed by atoms with van der Waals surface area (Å²) in [7, 11) is 0. The molecule has 0 amide bonds. The zero-order valence-corrected chi connectivity index (χ0v) is 18.4. The molecule has 158 valence electrons. The van der Waals surface area contributed by atoms with Gasteiger partial charge in [0.25, 0.3) is 0 Å². The Balaban J connectivity index is 1.25. The summed E-state index contributed by atoms with van der Waals surface area (Å²) in [5.41, 5.74) is 4.12. The quantitative estimate of drug-likeness (QED) is 0.444. The van der Waals surface area contributed by atoms with Crippen LogP contribution in [0.1, 0.15) is 11.4 Å². The van der Waals surface area contributed by atoms with Crippen molar-refractivity contribution in [3.05, 3.63) is 70.6 Å². The smallest absolute Gasteiger partial charge is 0.138 e. The number of rotatable bonds is 6. The molecule has 0 aliphatic carbocycles. The lowest BCUT2D eigenvalue weighted by atomic mass is 10.1. The summed E-state index contributed by atoms with van der Waals surface area (Å²) in [6.45, 7) is 3.87. The molecule has 4 aromatic heterocycles. The van der Waals surface area contributed by atoms with Crippen LogP contribution in [0, 0.1) is 0 Å². The SMILES string of the molecule is O=CC1CN(Cc2cccc(-c3ccc(Cl)s3)n2)CCN1Cc1cc2cnccc2[nH]1. The van der Waals surface area contributed by atoms with Crippen LogP contribution in [-0.2, 0) is 17.9 Å². The van der Waals surface area contributed by atoms with E-state index < -0.39 is 0 Å². The number of nitrogens with one attached hydrogen (secondary N) is 1. The summed E-state index contributed by atoms with van der Waals surface area (Å²) >= 11 is 7.60. The summed E-state index contributed by atoms with van der Waals surface area (Å²) in [5.74, 6) is 0. The van der Waals surface area contributed by atoms with Crippen molar-refractivity contribution >= 4 is 40.1 Å². The minimum absolute atomic E-state index is 0.141. The van der Waals surface area contributed by atoms with Crippen molar-refractivity contribution < 1.29 is 4.79 Å². The summed E-state index contributed by atoms with van der Waals surface area (Å²) in [4.78, 5) is 29.9. The Hall–Kier alpha value is -2.58. The molecule has 5 rings (SSSR count). The first-order valence-corrected chi connectivity index (χ1v) is 11.4. The van der Waals surface area contributed by atoms with E-state index in [9.17, 15) is 4.79 Å². The molecule has 4 aromatic rings. The zero-order valence-electron chi connectivity index (χ0n) is 16.9. The van der Waals surface area contributed by atoms with Gasteiger partial charge in [-0.25, -0.2) is 0 Å². The fraction of sp³-hybridized carbons (Fsp3) is 0.261. The van der Waals surface area contributed by atoms with Crippen LogP contribution in [0.4, 0.5) is 0 Å². The number of halogens is 1. The van der Waals surface area contributed by atoms with Gasteiger partial charge in [-0.2, -0.15) is 0 Å². The number of thiophene rings is 1. The van der Waals surface area contributed by atoms with Crippen molar-refractivity contribution in [3.8, 4) is 10.6 Å². The molecule has 1 N–H and O–H groups in total. The maximum absolute atomic E-state index is 11.9. The third-order valence-electron chi connectivity index (χ3n) is 5.64. The summed E-state index contributed by atoms with van der Waals surface area (Å²) in [5, 5.41) is 1.09. The highest BCUT2D eigenvalue weighted by Crippen LogP contribution is 2.30. The van der Waals surface area contributed by atoms with Gasteiger partial charge in [-0.15, -0.1) is 11.3 Å². The Bertz CT molecular complexity index is 1170. The molecule has 1 atom stereocenters. The van der Waals surface area contributed by atoms with E-state index in [1.54, 1.807) is 6.20 Å². The average molecular weight is 452 g/mol. The maximum atomic E-state index is 11.9. The van der Waals surface area contributed by atoms with E-state index in [2.05, 4.69) is 25.8 Å². The molecule has 0 radical (unpaired) electrons. The fourth-order valence-corrected chi connectivity index (χ4v) is 5.11. The van der Waals surface area contributed by atoms with E-state index in [-0.39, 0.29) is 6.04 Å². The number of nitrogens with zero attached hydrogens (tertiary/aromatic N) is 4. The zero-order chi connectivity index (χ0) is 21.2. The second-order valence-corrected chi connectivity index (χ2v) is 9.50. The lowest BCUT2D eigenvalue weighted by molar-refractivity contribution is -0.115. The Labute approximate surface area is 189 Å². The molecule has 1 fully saturated rings. The van der Waals surface area contributed by atoms with Gasteiger partial charge in [-0.1, -0.05) is 17.7 Å². The molecule has 0 spiro atoms. The van der Waals surface area contributed by atoms with Crippen molar-refractivity contribution in [2.75, 3.05) is 19.6 Å². The van der Waals surface area contributed by atoms with Crippen LogP contribution in [0.2, 0.25) is 4.34 Å². The van der Waals surface area contributed by atoms with Crippen molar-refractivity contribution in [2.45, 2.75) is 19.1 Å². The van der Waals surface area contributed by atoms with Gasteiger partial charge in [-0.05, 0) is 36.4 Å². The van der Waals surface area contributed by atoms with Gasteiger partial charge in [-0.3, -0.25) is 19.8 Å². The lowest BCUT2D eigenvalue weighted by Gasteiger charge is -2.38. The largest absolute Gasteiger partial charge is 0.357 e. The number of hydrogen-bond acceptors (Lipinski definition) is 6. The molecule has 31 heavy (non-hydrogen) atoms. The van der Waals surface area contributed by atoms with Crippen LogP contribution in [0.5, 0.6) is 0 Å². The normalized spacial score (nSPS) is 17.9. The van der Waals surface area contributed by atoms with Gasteiger partial charge in [0, 0.05) is 61.7 Å². The van der Waals surface area contributed by atoms with Gasteiger partial charge in [0.2, 0.25) is 0 Å². The second-order valence-electron chi connectivity index (χ2n) is 7.78. The molecule has 1 aliphatic heterocycles. The molecular weight excluding hydrogens is 430 g/mol. The van der Waals surface area contributed by atoms with Crippen LogP contribution in [0.15, 0.2) is 54.9 Å². The Morgan fingerprint density at radius 2 is 2.13 bits per heavy atom. The highest BCUT2D eigenvalue weighted by Gasteiger charge is 2.27. The fourth-order valence-electron chi connectivity index (χ4n) is 4.10. The van der Waals surface area contributed by atoms with Crippen molar-refractivity contribution in [3.63, 3.8) is 0 Å². The number of carbonyl (C=O) groups excluding carboxylic acids is 1. The summed E-state index contributed by atoms with van der Waals surface area (Å²) < 4.78 is 0.762. The first-order chi connectivity index (χ1) is 15.2. The topological polar surface area (TPSA) is 65.1 Å². The molecule has 6 nitrogen and oxygen atoms in total. The van der Waals surface area contributed by atoms with E-state index in [0.717, 1.165) is 69.7 Å². The van der Waals surface area contributed by atoms with Gasteiger partial charge in [0.1, 0.15) is 6.29 Å². The minimum Gasteiger partial charge on any atom is -0.357 e. The second kappa shape index (κ2) is 8.88. The van der Waals surface area contributed by atoms with Gasteiger partial charge >= 0.3 is 0 Å². The Kier molecular flexibility index (Phi) is 5.82. The van der Waals surface area contributed by atoms with Gasteiger partial charge in [0.15, 0.2) is 0 Å². The van der Waals surface area contributed by atoms with Crippen LogP contribution < -0.4 is 0 Å². The Morgan fingerprint density at radius 3 is 2.94 bits per heavy atom. The number of aromatic amines is 1. The van der Waals surface area contributed by atoms with E-state index in [4.69, 9.17) is 16.6 Å². The molecule has 1 aliphatic rings. The lowest BCUT2D eigenvalue weighted by Crippen LogP contribution is -2.53. The molecule has 0 bridgehead atoms. The number of aromatic nitrogens is 3. The standard InChI is InChI=1S/C23H22ClN5OS/c24-23-5-4-22(31-23)21-3-1-2-17(26-21)12-28-8-9-29(19(14-28)15-30)13-18-10-16-11-25-7-6-20(16)27-18/h1-7,10-11,15,19,27H,8-9,12-14H2. The summed E-state index contributed by atoms with van der Waals surface area (Å²) in [6.07, 6.45) is 4.70. The number of pyridine rings is 2. The number of H-pyrrole nitrogens is 1. The highest BCUT2D eigenvalue weighted by molar-refractivity contribution is 7.19. The van der Waals surface area contributed by atoms with Crippen molar-refractivity contribution in [1.82, 2.24) is 24.8 Å². The highest BCUT2D eigenvalue weighted by atomic mass is 35.5. The average Bonchev–Trinajstić information content (AvgIpc) is 3.40. The van der Waals surface area contributed by atoms with E-state index >= 15 is 0 Å². The third-order valence-corrected chi connectivity index (χ3v) is 6.90. The van der Waals surface area contributed by atoms with Gasteiger partial charge < -0.3 is 9.78 Å². The number of aldehydes is 1. The van der Waals surface area contributed by atoms with E-state index in [0.29, 0.717) is 6.54 Å². The molecule has 0 aromatic carbocycles.